The molecule has 0 spiro atoms. The number of amides is 1. The van der Waals surface area contributed by atoms with E-state index >= 15 is 0 Å². The van der Waals surface area contributed by atoms with Crippen LogP contribution in [0.25, 0.3) is 0 Å². The number of hydrogen-bond donors (Lipinski definition) is 0. The van der Waals surface area contributed by atoms with Crippen molar-refractivity contribution >= 4 is 21.8 Å². The van der Waals surface area contributed by atoms with Crippen LogP contribution in [-0.2, 0) is 6.42 Å². The van der Waals surface area contributed by atoms with Gasteiger partial charge in [0.2, 0.25) is 0 Å². The molecule has 0 radical (unpaired) electrons. The van der Waals surface area contributed by atoms with E-state index in [0.29, 0.717) is 0 Å². The smallest absolute Gasteiger partial charge is 0.254 e. The van der Waals surface area contributed by atoms with E-state index in [1.165, 1.54) is 37.9 Å². The van der Waals surface area contributed by atoms with E-state index < -0.39 is 0 Å². The summed E-state index contributed by atoms with van der Waals surface area (Å²) < 4.78 is 1.06. The molecule has 0 aromatic heterocycles. The lowest BCUT2D eigenvalue weighted by atomic mass is 9.99. The second kappa shape index (κ2) is 6.93. The van der Waals surface area contributed by atoms with Crippen LogP contribution in [0.4, 0.5) is 0 Å². The van der Waals surface area contributed by atoms with Crippen LogP contribution < -0.4 is 0 Å². The SMILES string of the molecule is O=C1c2ccc(Br)cc2CCN1CCCN1CCCCC1. The van der Waals surface area contributed by atoms with Gasteiger partial charge in [-0.1, -0.05) is 22.4 Å². The monoisotopic (exact) mass is 350 g/mol. The number of fused-ring (bicyclic) bond motifs is 1. The first-order valence-corrected chi connectivity index (χ1v) is 8.83. The summed E-state index contributed by atoms with van der Waals surface area (Å²) in [6.45, 7) is 5.37. The quantitative estimate of drug-likeness (QED) is 0.831. The van der Waals surface area contributed by atoms with Crippen LogP contribution in [0.3, 0.4) is 0 Å². The molecule has 2 aliphatic heterocycles. The Morgan fingerprint density at radius 3 is 2.67 bits per heavy atom. The third kappa shape index (κ3) is 3.67. The number of carbonyl (C=O) groups is 1. The first-order chi connectivity index (χ1) is 10.2. The average Bonchev–Trinajstić information content (AvgIpc) is 2.50. The third-order valence-corrected chi connectivity index (χ3v) is 5.08. The van der Waals surface area contributed by atoms with Crippen molar-refractivity contribution in [2.45, 2.75) is 32.1 Å². The van der Waals surface area contributed by atoms with Gasteiger partial charge in [0.15, 0.2) is 0 Å². The van der Waals surface area contributed by atoms with Crippen molar-refractivity contribution in [3.63, 3.8) is 0 Å². The molecule has 1 fully saturated rings. The molecule has 4 heteroatoms. The van der Waals surface area contributed by atoms with Crippen LogP contribution in [0.1, 0.15) is 41.6 Å². The molecule has 21 heavy (non-hydrogen) atoms. The van der Waals surface area contributed by atoms with Crippen molar-refractivity contribution < 1.29 is 4.79 Å². The fraction of sp³-hybridized carbons (Fsp3) is 0.588. The van der Waals surface area contributed by atoms with Crippen molar-refractivity contribution in [1.82, 2.24) is 9.80 Å². The highest BCUT2D eigenvalue weighted by Crippen LogP contribution is 2.23. The van der Waals surface area contributed by atoms with Gasteiger partial charge in [0, 0.05) is 23.1 Å². The second-order valence-electron chi connectivity index (χ2n) is 6.10. The van der Waals surface area contributed by atoms with Gasteiger partial charge in [-0.3, -0.25) is 4.79 Å². The van der Waals surface area contributed by atoms with Crippen molar-refractivity contribution in [3.8, 4) is 0 Å². The lowest BCUT2D eigenvalue weighted by Crippen LogP contribution is -2.40. The summed E-state index contributed by atoms with van der Waals surface area (Å²) in [5.74, 6) is 0.211. The Labute approximate surface area is 135 Å². The van der Waals surface area contributed by atoms with Gasteiger partial charge in [-0.15, -0.1) is 0 Å². The van der Waals surface area contributed by atoms with Crippen LogP contribution in [0.2, 0.25) is 0 Å². The normalized spacial score (nSPS) is 19.7. The summed E-state index contributed by atoms with van der Waals surface area (Å²) in [5, 5.41) is 0. The molecule has 0 saturated carbocycles. The largest absolute Gasteiger partial charge is 0.338 e. The summed E-state index contributed by atoms with van der Waals surface area (Å²) >= 11 is 3.48. The number of benzene rings is 1. The molecule has 1 amide bonds. The highest BCUT2D eigenvalue weighted by molar-refractivity contribution is 9.10. The van der Waals surface area contributed by atoms with Crippen molar-refractivity contribution in [2.75, 3.05) is 32.7 Å². The Kier molecular flexibility index (Phi) is 4.96. The molecule has 0 unspecified atom stereocenters. The van der Waals surface area contributed by atoms with Gasteiger partial charge in [-0.25, -0.2) is 0 Å². The predicted octanol–water partition coefficient (Wildman–Crippen LogP) is 3.32. The fourth-order valence-electron chi connectivity index (χ4n) is 3.39. The Morgan fingerprint density at radius 2 is 1.86 bits per heavy atom. The van der Waals surface area contributed by atoms with E-state index in [9.17, 15) is 4.79 Å². The molecular formula is C17H23BrN2O. The Hall–Kier alpha value is -0.870. The summed E-state index contributed by atoms with van der Waals surface area (Å²) in [6.07, 6.45) is 6.13. The number of nitrogens with zero attached hydrogens (tertiary/aromatic N) is 2. The molecule has 3 rings (SSSR count). The molecule has 114 valence electrons. The molecular weight excluding hydrogens is 328 g/mol. The van der Waals surface area contributed by atoms with Crippen LogP contribution in [0.5, 0.6) is 0 Å². The minimum absolute atomic E-state index is 0.211. The lowest BCUT2D eigenvalue weighted by Gasteiger charge is -2.31. The third-order valence-electron chi connectivity index (χ3n) is 4.59. The first-order valence-electron chi connectivity index (χ1n) is 8.04. The van der Waals surface area contributed by atoms with Gasteiger partial charge in [-0.2, -0.15) is 0 Å². The molecule has 0 aliphatic carbocycles. The molecule has 2 heterocycles. The Balaban J connectivity index is 1.53. The standard InChI is InChI=1S/C17H23BrN2O/c18-15-5-6-16-14(13-15)7-12-20(17(16)21)11-4-10-19-8-2-1-3-9-19/h5-6,13H,1-4,7-12H2. The second-order valence-corrected chi connectivity index (χ2v) is 7.02. The zero-order chi connectivity index (χ0) is 14.7. The van der Waals surface area contributed by atoms with Crippen LogP contribution in [-0.4, -0.2) is 48.4 Å². The van der Waals surface area contributed by atoms with Crippen LogP contribution >= 0.6 is 15.9 Å². The molecule has 0 bridgehead atoms. The minimum atomic E-state index is 0.211. The molecule has 1 aromatic carbocycles. The summed E-state index contributed by atoms with van der Waals surface area (Å²) in [6, 6.07) is 6.00. The van der Waals surface area contributed by atoms with Crippen LogP contribution in [0, 0.1) is 0 Å². The maximum Gasteiger partial charge on any atom is 0.254 e. The zero-order valence-corrected chi connectivity index (χ0v) is 14.1. The number of likely N-dealkylation sites (tertiary alicyclic amines) is 1. The predicted molar refractivity (Wildman–Crippen MR) is 88.7 cm³/mol. The van der Waals surface area contributed by atoms with Crippen molar-refractivity contribution in [3.05, 3.63) is 33.8 Å². The van der Waals surface area contributed by atoms with Crippen LogP contribution in [0.15, 0.2) is 22.7 Å². The zero-order valence-electron chi connectivity index (χ0n) is 12.5. The van der Waals surface area contributed by atoms with Gasteiger partial charge < -0.3 is 9.80 Å². The molecule has 1 aromatic rings. The highest BCUT2D eigenvalue weighted by atomic mass is 79.9. The van der Waals surface area contributed by atoms with Gasteiger partial charge in [0.1, 0.15) is 0 Å². The Bertz CT molecular complexity index is 512. The topological polar surface area (TPSA) is 23.6 Å². The maximum atomic E-state index is 12.5. The number of piperidine rings is 1. The Morgan fingerprint density at radius 1 is 1.05 bits per heavy atom. The van der Waals surface area contributed by atoms with E-state index in [2.05, 4.69) is 26.9 Å². The number of rotatable bonds is 4. The van der Waals surface area contributed by atoms with Crippen molar-refractivity contribution in [2.24, 2.45) is 0 Å². The molecule has 1 saturated heterocycles. The van der Waals surface area contributed by atoms with Gasteiger partial charge in [0.25, 0.3) is 5.91 Å². The summed E-state index contributed by atoms with van der Waals surface area (Å²) in [4.78, 5) is 17.1. The van der Waals surface area contributed by atoms with Gasteiger partial charge in [-0.05, 0) is 69.1 Å². The number of halogens is 1. The number of carbonyl (C=O) groups excluding carboxylic acids is 1. The van der Waals surface area contributed by atoms with Gasteiger partial charge in [0.05, 0.1) is 0 Å². The number of hydrogen-bond acceptors (Lipinski definition) is 2. The van der Waals surface area contributed by atoms with E-state index in [0.717, 1.165) is 42.5 Å². The lowest BCUT2D eigenvalue weighted by molar-refractivity contribution is 0.0730. The summed E-state index contributed by atoms with van der Waals surface area (Å²) in [7, 11) is 0. The highest BCUT2D eigenvalue weighted by Gasteiger charge is 2.24. The van der Waals surface area contributed by atoms with E-state index in [1.54, 1.807) is 0 Å². The minimum Gasteiger partial charge on any atom is -0.338 e. The first kappa shape index (κ1) is 15.0. The van der Waals surface area contributed by atoms with E-state index in [-0.39, 0.29) is 5.91 Å². The average molecular weight is 351 g/mol. The fourth-order valence-corrected chi connectivity index (χ4v) is 3.80. The molecule has 0 atom stereocenters. The molecule has 3 nitrogen and oxygen atoms in total. The van der Waals surface area contributed by atoms with Crippen molar-refractivity contribution in [1.29, 1.82) is 0 Å². The van der Waals surface area contributed by atoms with E-state index in [1.807, 2.05) is 17.0 Å². The van der Waals surface area contributed by atoms with Gasteiger partial charge >= 0.3 is 0 Å². The molecule has 2 aliphatic rings. The summed E-state index contributed by atoms with van der Waals surface area (Å²) in [5.41, 5.74) is 2.07. The molecule has 0 N–H and O–H groups in total. The van der Waals surface area contributed by atoms with E-state index in [4.69, 9.17) is 0 Å². The maximum absolute atomic E-state index is 12.5.